The molecule has 1 atom stereocenters. The largest absolute Gasteiger partial charge is 0.480 e. The summed E-state index contributed by atoms with van der Waals surface area (Å²) in [5.74, 6) is -1.30. The molecule has 0 saturated carbocycles. The molecule has 0 spiro atoms. The lowest BCUT2D eigenvalue weighted by atomic mass is 10.2. The third-order valence-corrected chi connectivity index (χ3v) is 5.21. The van der Waals surface area contributed by atoms with Crippen LogP contribution in [0, 0.1) is 0 Å². The highest BCUT2D eigenvalue weighted by molar-refractivity contribution is 7.89. The van der Waals surface area contributed by atoms with Crippen LogP contribution >= 0.6 is 0 Å². The van der Waals surface area contributed by atoms with Crippen molar-refractivity contribution in [2.45, 2.75) is 17.9 Å². The predicted octanol–water partition coefficient (Wildman–Crippen LogP) is -0.690. The van der Waals surface area contributed by atoms with Crippen LogP contribution in [0.1, 0.15) is 6.92 Å². The Morgan fingerprint density at radius 3 is 2.50 bits per heavy atom. The summed E-state index contributed by atoms with van der Waals surface area (Å²) in [5.41, 5.74) is -1.25. The molecule has 0 aliphatic carbocycles. The third kappa shape index (κ3) is 2.65. The van der Waals surface area contributed by atoms with E-state index in [2.05, 4.69) is 4.98 Å². The van der Waals surface area contributed by atoms with Crippen LogP contribution in [0.15, 0.2) is 32.7 Å². The molecule has 22 heavy (non-hydrogen) atoms. The highest BCUT2D eigenvalue weighted by atomic mass is 32.2. The second-order valence-electron chi connectivity index (χ2n) is 4.65. The van der Waals surface area contributed by atoms with E-state index in [1.54, 1.807) is 0 Å². The van der Waals surface area contributed by atoms with Crippen LogP contribution in [0.4, 0.5) is 0 Å². The van der Waals surface area contributed by atoms with E-state index in [0.29, 0.717) is 4.31 Å². The minimum atomic E-state index is -4.09. The molecule has 2 aromatic rings. The molecule has 118 valence electrons. The van der Waals surface area contributed by atoms with Crippen LogP contribution in [0.2, 0.25) is 0 Å². The Bertz CT molecular complexity index is 959. The van der Waals surface area contributed by atoms with Gasteiger partial charge in [0.25, 0.3) is 5.56 Å². The Hall–Kier alpha value is -2.46. The molecule has 3 N–H and O–H groups in total. The summed E-state index contributed by atoms with van der Waals surface area (Å²) in [5, 5.41) is 8.89. The third-order valence-electron chi connectivity index (χ3n) is 3.29. The summed E-state index contributed by atoms with van der Waals surface area (Å²) in [6.07, 6.45) is 0. The molecule has 2 rings (SSSR count). The summed E-state index contributed by atoms with van der Waals surface area (Å²) in [7, 11) is -2.96. The predicted molar refractivity (Wildman–Crippen MR) is 77.2 cm³/mol. The van der Waals surface area contributed by atoms with Crippen molar-refractivity contribution in [2.24, 2.45) is 0 Å². The zero-order valence-corrected chi connectivity index (χ0v) is 12.5. The molecule has 10 heteroatoms. The lowest BCUT2D eigenvalue weighted by Crippen LogP contribution is -2.40. The van der Waals surface area contributed by atoms with E-state index in [9.17, 15) is 22.8 Å². The first-order valence-electron chi connectivity index (χ1n) is 6.12. The van der Waals surface area contributed by atoms with Gasteiger partial charge in [-0.25, -0.2) is 13.2 Å². The maximum absolute atomic E-state index is 12.4. The van der Waals surface area contributed by atoms with E-state index >= 15 is 0 Å². The number of fused-ring (bicyclic) bond motifs is 1. The number of carboxylic acid groups (broad SMARTS) is 1. The fourth-order valence-corrected chi connectivity index (χ4v) is 3.18. The highest BCUT2D eigenvalue weighted by Crippen LogP contribution is 2.19. The summed E-state index contributed by atoms with van der Waals surface area (Å²) in [4.78, 5) is 37.9. The number of carboxylic acids is 1. The zero-order chi connectivity index (χ0) is 16.7. The Labute approximate surface area is 124 Å². The summed E-state index contributed by atoms with van der Waals surface area (Å²) < 4.78 is 25.4. The number of rotatable bonds is 4. The van der Waals surface area contributed by atoms with Crippen molar-refractivity contribution in [2.75, 3.05) is 7.05 Å². The number of aliphatic carboxylic acids is 1. The van der Waals surface area contributed by atoms with Gasteiger partial charge in [-0.3, -0.25) is 14.6 Å². The van der Waals surface area contributed by atoms with Gasteiger partial charge in [0.15, 0.2) is 0 Å². The van der Waals surface area contributed by atoms with Crippen molar-refractivity contribution >= 4 is 26.9 Å². The molecule has 1 aromatic carbocycles. The van der Waals surface area contributed by atoms with Crippen LogP contribution in [0.3, 0.4) is 0 Å². The molecule has 0 bridgehead atoms. The number of sulfonamides is 1. The van der Waals surface area contributed by atoms with Gasteiger partial charge < -0.3 is 10.1 Å². The van der Waals surface area contributed by atoms with Crippen LogP contribution < -0.4 is 11.2 Å². The quantitative estimate of drug-likeness (QED) is 0.679. The average Bonchev–Trinajstić information content (AvgIpc) is 2.44. The SMILES string of the molecule is CC(C(=O)O)N(C)S(=O)(=O)c1ccc2[nH]c(=O)[nH]c(=O)c2c1. The molecule has 1 unspecified atom stereocenters. The molecule has 0 saturated heterocycles. The lowest BCUT2D eigenvalue weighted by molar-refractivity contribution is -0.140. The number of hydrogen-bond acceptors (Lipinski definition) is 5. The van der Waals surface area contributed by atoms with Gasteiger partial charge in [-0.05, 0) is 25.1 Å². The minimum absolute atomic E-state index is 0.0166. The lowest BCUT2D eigenvalue weighted by Gasteiger charge is -2.21. The Balaban J connectivity index is 2.62. The maximum Gasteiger partial charge on any atom is 0.326 e. The summed E-state index contributed by atoms with van der Waals surface area (Å²) in [6, 6.07) is 2.29. The van der Waals surface area contributed by atoms with E-state index in [-0.39, 0.29) is 15.8 Å². The number of carbonyl (C=O) groups is 1. The Morgan fingerprint density at radius 2 is 1.91 bits per heavy atom. The summed E-state index contributed by atoms with van der Waals surface area (Å²) in [6.45, 7) is 1.23. The number of hydrogen-bond donors (Lipinski definition) is 3. The van der Waals surface area contributed by atoms with Gasteiger partial charge in [0.05, 0.1) is 15.8 Å². The van der Waals surface area contributed by atoms with Gasteiger partial charge in [-0.15, -0.1) is 0 Å². The fraction of sp³-hybridized carbons (Fsp3) is 0.250. The number of benzene rings is 1. The first kappa shape index (κ1) is 15.9. The van der Waals surface area contributed by atoms with Crippen molar-refractivity contribution in [1.82, 2.24) is 14.3 Å². The topological polar surface area (TPSA) is 140 Å². The van der Waals surface area contributed by atoms with Crippen LogP contribution in [-0.2, 0) is 14.8 Å². The molecule has 1 heterocycles. The first-order chi connectivity index (χ1) is 10.1. The van der Waals surface area contributed by atoms with Crippen molar-refractivity contribution in [3.05, 3.63) is 39.0 Å². The van der Waals surface area contributed by atoms with E-state index in [0.717, 1.165) is 13.1 Å². The van der Waals surface area contributed by atoms with Crippen molar-refractivity contribution < 1.29 is 18.3 Å². The van der Waals surface area contributed by atoms with Crippen molar-refractivity contribution in [3.8, 4) is 0 Å². The van der Waals surface area contributed by atoms with Gasteiger partial charge in [0.1, 0.15) is 6.04 Å². The van der Waals surface area contributed by atoms with E-state index in [4.69, 9.17) is 5.11 Å². The van der Waals surface area contributed by atoms with E-state index in [1.165, 1.54) is 19.1 Å². The van der Waals surface area contributed by atoms with E-state index < -0.39 is 33.3 Å². The number of aromatic nitrogens is 2. The van der Waals surface area contributed by atoms with Crippen LogP contribution in [0.25, 0.3) is 10.9 Å². The Morgan fingerprint density at radius 1 is 1.27 bits per heavy atom. The van der Waals surface area contributed by atoms with E-state index in [1.807, 2.05) is 4.98 Å². The van der Waals surface area contributed by atoms with Gasteiger partial charge in [0.2, 0.25) is 10.0 Å². The highest BCUT2D eigenvalue weighted by Gasteiger charge is 2.29. The second-order valence-corrected chi connectivity index (χ2v) is 6.65. The molecule has 0 aliphatic rings. The number of likely N-dealkylation sites (N-methyl/N-ethyl adjacent to an activating group) is 1. The van der Waals surface area contributed by atoms with Crippen molar-refractivity contribution in [3.63, 3.8) is 0 Å². The number of aromatic amines is 2. The minimum Gasteiger partial charge on any atom is -0.480 e. The van der Waals surface area contributed by atoms with Crippen molar-refractivity contribution in [1.29, 1.82) is 0 Å². The zero-order valence-electron chi connectivity index (χ0n) is 11.7. The molecular formula is C12H13N3O6S. The van der Waals surface area contributed by atoms with Gasteiger partial charge in [0, 0.05) is 7.05 Å². The fourth-order valence-electron chi connectivity index (χ4n) is 1.83. The number of H-pyrrole nitrogens is 2. The monoisotopic (exact) mass is 327 g/mol. The Kier molecular flexibility index (Phi) is 3.90. The van der Waals surface area contributed by atoms with Gasteiger partial charge >= 0.3 is 11.7 Å². The number of nitrogens with one attached hydrogen (secondary N) is 2. The maximum atomic E-state index is 12.4. The van der Waals surface area contributed by atoms with Crippen LogP contribution in [0.5, 0.6) is 0 Å². The molecule has 9 nitrogen and oxygen atoms in total. The number of nitrogens with zero attached hydrogens (tertiary/aromatic N) is 1. The smallest absolute Gasteiger partial charge is 0.326 e. The molecule has 0 aliphatic heterocycles. The normalized spacial score (nSPS) is 13.4. The average molecular weight is 327 g/mol. The first-order valence-corrected chi connectivity index (χ1v) is 7.56. The van der Waals surface area contributed by atoms with Gasteiger partial charge in [-0.1, -0.05) is 0 Å². The molecular weight excluding hydrogens is 314 g/mol. The summed E-state index contributed by atoms with van der Waals surface area (Å²) >= 11 is 0. The van der Waals surface area contributed by atoms with Gasteiger partial charge in [-0.2, -0.15) is 4.31 Å². The standard InChI is InChI=1S/C12H13N3O6S/c1-6(11(17)18)15(2)22(20,21)7-3-4-9-8(5-7)10(16)14-12(19)13-9/h3-6H,1-2H3,(H,17,18)(H2,13,14,16,19). The molecule has 0 amide bonds. The molecule has 1 aromatic heterocycles. The van der Waals surface area contributed by atoms with Crippen LogP contribution in [-0.4, -0.2) is 46.9 Å². The molecule has 0 radical (unpaired) electrons. The second kappa shape index (κ2) is 5.39. The molecule has 0 fully saturated rings.